The number of rotatable bonds is 4. The highest BCUT2D eigenvalue weighted by molar-refractivity contribution is 5.63. The van der Waals surface area contributed by atoms with E-state index in [-0.39, 0.29) is 17.6 Å². The van der Waals surface area contributed by atoms with Crippen LogP contribution in [0.5, 0.6) is 5.75 Å². The highest BCUT2D eigenvalue weighted by Gasteiger charge is 2.14. The van der Waals surface area contributed by atoms with E-state index in [2.05, 4.69) is 9.97 Å². The molecule has 0 bridgehead atoms. The second-order valence-corrected chi connectivity index (χ2v) is 5.34. The summed E-state index contributed by atoms with van der Waals surface area (Å²) < 4.78 is 5.62. The quantitative estimate of drug-likeness (QED) is 0.928. The van der Waals surface area contributed by atoms with Gasteiger partial charge >= 0.3 is 0 Å². The first-order valence-corrected chi connectivity index (χ1v) is 6.83. The predicted molar refractivity (Wildman–Crippen MR) is 80.1 cm³/mol. The van der Waals surface area contributed by atoms with E-state index < -0.39 is 0 Å². The largest absolute Gasteiger partial charge is 0.491 e. The van der Waals surface area contributed by atoms with Crippen LogP contribution in [0.25, 0.3) is 11.3 Å². The molecule has 1 aromatic heterocycles. The molecule has 0 spiro atoms. The Morgan fingerprint density at radius 2 is 1.75 bits per heavy atom. The minimum atomic E-state index is -0.0764. The molecule has 20 heavy (non-hydrogen) atoms. The van der Waals surface area contributed by atoms with Crippen molar-refractivity contribution >= 4 is 0 Å². The lowest BCUT2D eigenvalue weighted by Gasteiger charge is -2.12. The van der Waals surface area contributed by atoms with E-state index >= 15 is 0 Å². The fraction of sp³-hybridized carbons (Fsp3) is 0.375. The maximum Gasteiger partial charge on any atom is 0.254 e. The number of aromatic amines is 1. The molecule has 106 valence electrons. The van der Waals surface area contributed by atoms with Gasteiger partial charge in [0.2, 0.25) is 0 Å². The van der Waals surface area contributed by atoms with Gasteiger partial charge in [-0.15, -0.1) is 0 Å². The van der Waals surface area contributed by atoms with Crippen LogP contribution >= 0.6 is 0 Å². The normalized spacial score (nSPS) is 11.1. The number of nitrogens with one attached hydrogen (secondary N) is 1. The molecule has 0 saturated carbocycles. The van der Waals surface area contributed by atoms with E-state index in [4.69, 9.17) is 4.74 Å². The van der Waals surface area contributed by atoms with E-state index in [0.717, 1.165) is 17.0 Å². The maximum absolute atomic E-state index is 11.9. The van der Waals surface area contributed by atoms with Crippen molar-refractivity contribution < 1.29 is 4.74 Å². The van der Waals surface area contributed by atoms with Crippen LogP contribution in [0.4, 0.5) is 0 Å². The number of aromatic nitrogens is 2. The van der Waals surface area contributed by atoms with Crippen LogP contribution in [-0.4, -0.2) is 16.1 Å². The van der Waals surface area contributed by atoms with Crippen molar-refractivity contribution in [3.8, 4) is 17.0 Å². The average molecular weight is 272 g/mol. The molecular weight excluding hydrogens is 252 g/mol. The Labute approximate surface area is 118 Å². The Morgan fingerprint density at radius 1 is 1.10 bits per heavy atom. The van der Waals surface area contributed by atoms with Gasteiger partial charge in [-0.05, 0) is 44.0 Å². The summed E-state index contributed by atoms with van der Waals surface area (Å²) in [7, 11) is 0. The molecular formula is C16H20N2O2. The molecule has 0 atom stereocenters. The van der Waals surface area contributed by atoms with Crippen molar-refractivity contribution in [1.29, 1.82) is 0 Å². The molecule has 0 aliphatic carbocycles. The summed E-state index contributed by atoms with van der Waals surface area (Å²) >= 11 is 0. The zero-order valence-electron chi connectivity index (χ0n) is 12.3. The van der Waals surface area contributed by atoms with Crippen molar-refractivity contribution in [2.75, 3.05) is 0 Å². The van der Waals surface area contributed by atoms with E-state index in [1.807, 2.05) is 52.0 Å². The van der Waals surface area contributed by atoms with Crippen LogP contribution < -0.4 is 10.3 Å². The smallest absolute Gasteiger partial charge is 0.254 e. The fourth-order valence-corrected chi connectivity index (χ4v) is 2.14. The van der Waals surface area contributed by atoms with Crippen LogP contribution in [0.2, 0.25) is 0 Å². The molecule has 0 saturated heterocycles. The summed E-state index contributed by atoms with van der Waals surface area (Å²) in [6.07, 6.45) is 1.59. The molecule has 1 heterocycles. The zero-order chi connectivity index (χ0) is 14.7. The Balaban J connectivity index is 2.42. The Hall–Kier alpha value is -2.10. The van der Waals surface area contributed by atoms with Gasteiger partial charge in [-0.2, -0.15) is 0 Å². The number of ether oxygens (including phenoxy) is 1. The monoisotopic (exact) mass is 272 g/mol. The van der Waals surface area contributed by atoms with Gasteiger partial charge in [-0.1, -0.05) is 13.8 Å². The van der Waals surface area contributed by atoms with Crippen molar-refractivity contribution in [2.45, 2.75) is 39.7 Å². The number of nitrogens with zero attached hydrogens (tertiary/aromatic N) is 1. The van der Waals surface area contributed by atoms with Gasteiger partial charge in [0.1, 0.15) is 5.75 Å². The average Bonchev–Trinajstić information content (AvgIpc) is 2.38. The van der Waals surface area contributed by atoms with Crippen molar-refractivity contribution in [1.82, 2.24) is 9.97 Å². The third-order valence-corrected chi connectivity index (χ3v) is 2.97. The summed E-state index contributed by atoms with van der Waals surface area (Å²) in [6.45, 7) is 7.96. The Kier molecular flexibility index (Phi) is 4.23. The minimum Gasteiger partial charge on any atom is -0.491 e. The molecule has 0 radical (unpaired) electrons. The van der Waals surface area contributed by atoms with Gasteiger partial charge in [-0.25, -0.2) is 4.98 Å². The van der Waals surface area contributed by atoms with E-state index in [0.29, 0.717) is 5.56 Å². The molecule has 0 aliphatic rings. The first-order valence-electron chi connectivity index (χ1n) is 6.83. The highest BCUT2D eigenvalue weighted by Crippen LogP contribution is 2.26. The van der Waals surface area contributed by atoms with Crippen LogP contribution in [0.3, 0.4) is 0 Å². The fourth-order valence-electron chi connectivity index (χ4n) is 2.14. The van der Waals surface area contributed by atoms with E-state index in [9.17, 15) is 4.79 Å². The van der Waals surface area contributed by atoms with E-state index in [1.54, 1.807) is 0 Å². The molecule has 1 N–H and O–H groups in total. The lowest BCUT2D eigenvalue weighted by molar-refractivity contribution is 0.242. The predicted octanol–water partition coefficient (Wildman–Crippen LogP) is 3.35. The van der Waals surface area contributed by atoms with Gasteiger partial charge in [0, 0.05) is 11.1 Å². The summed E-state index contributed by atoms with van der Waals surface area (Å²) in [4.78, 5) is 18.9. The number of hydrogen-bond donors (Lipinski definition) is 1. The second-order valence-electron chi connectivity index (χ2n) is 5.34. The first kappa shape index (κ1) is 14.3. The van der Waals surface area contributed by atoms with Crippen molar-refractivity contribution in [3.05, 3.63) is 46.5 Å². The lowest BCUT2D eigenvalue weighted by Crippen LogP contribution is -2.16. The maximum atomic E-state index is 11.9. The molecule has 0 amide bonds. The number of benzene rings is 1. The zero-order valence-corrected chi connectivity index (χ0v) is 12.3. The van der Waals surface area contributed by atoms with Gasteiger partial charge in [0.15, 0.2) is 0 Å². The Bertz CT molecular complexity index is 628. The van der Waals surface area contributed by atoms with Crippen LogP contribution in [0.15, 0.2) is 35.4 Å². The molecule has 4 nitrogen and oxygen atoms in total. The minimum absolute atomic E-state index is 0.0764. The van der Waals surface area contributed by atoms with Gasteiger partial charge in [0.05, 0.1) is 18.1 Å². The van der Waals surface area contributed by atoms with Crippen LogP contribution in [-0.2, 0) is 0 Å². The molecule has 0 unspecified atom stereocenters. The molecule has 1 aromatic carbocycles. The molecule has 2 rings (SSSR count). The standard InChI is InChI=1S/C16H20N2O2/c1-10(2)14-15(17-9-18-16(14)19)12-5-7-13(8-6-12)20-11(3)4/h5-11H,1-4H3,(H,17,18,19). The first-order chi connectivity index (χ1) is 9.49. The van der Waals surface area contributed by atoms with Crippen LogP contribution in [0.1, 0.15) is 39.2 Å². The molecule has 0 fully saturated rings. The second kappa shape index (κ2) is 5.90. The summed E-state index contributed by atoms with van der Waals surface area (Å²) in [6, 6.07) is 7.68. The van der Waals surface area contributed by atoms with Gasteiger partial charge in [-0.3, -0.25) is 4.79 Å². The topological polar surface area (TPSA) is 55.0 Å². The van der Waals surface area contributed by atoms with Gasteiger partial charge in [0.25, 0.3) is 5.56 Å². The summed E-state index contributed by atoms with van der Waals surface area (Å²) in [5, 5.41) is 0. The Morgan fingerprint density at radius 3 is 2.30 bits per heavy atom. The van der Waals surface area contributed by atoms with Crippen LogP contribution in [0, 0.1) is 0 Å². The van der Waals surface area contributed by atoms with Crippen molar-refractivity contribution in [2.24, 2.45) is 0 Å². The summed E-state index contributed by atoms with van der Waals surface area (Å²) in [5.74, 6) is 0.939. The summed E-state index contributed by atoms with van der Waals surface area (Å²) in [5.41, 5.74) is 2.30. The van der Waals surface area contributed by atoms with Crippen molar-refractivity contribution in [3.63, 3.8) is 0 Å². The third-order valence-electron chi connectivity index (χ3n) is 2.97. The SMILES string of the molecule is CC(C)Oc1ccc(-c2nc[nH]c(=O)c2C(C)C)cc1. The molecule has 0 aliphatic heterocycles. The van der Waals surface area contributed by atoms with E-state index in [1.165, 1.54) is 6.33 Å². The molecule has 4 heteroatoms. The van der Waals surface area contributed by atoms with Gasteiger partial charge < -0.3 is 9.72 Å². The highest BCUT2D eigenvalue weighted by atomic mass is 16.5. The third kappa shape index (κ3) is 3.07. The lowest BCUT2D eigenvalue weighted by atomic mass is 9.98. The number of H-pyrrole nitrogens is 1. The molecule has 2 aromatic rings. The number of hydrogen-bond acceptors (Lipinski definition) is 3.